The van der Waals surface area contributed by atoms with Gasteiger partial charge >= 0.3 is 0 Å². The van der Waals surface area contributed by atoms with Gasteiger partial charge in [0.05, 0.1) is 0 Å². The van der Waals surface area contributed by atoms with Crippen molar-refractivity contribution in [1.82, 2.24) is 14.8 Å². The van der Waals surface area contributed by atoms with Crippen molar-refractivity contribution in [3.05, 3.63) is 77.3 Å². The molecule has 3 rings (SSSR count). The maximum atomic E-state index is 5.93. The Kier molecular flexibility index (Phi) is 5.38. The molecule has 0 aliphatic carbocycles. The maximum absolute atomic E-state index is 5.93. The van der Waals surface area contributed by atoms with Gasteiger partial charge in [-0.1, -0.05) is 65.3 Å². The third kappa shape index (κ3) is 3.89. The third-order valence-corrected chi connectivity index (χ3v) is 4.88. The molecule has 122 valence electrons. The summed E-state index contributed by atoms with van der Waals surface area (Å²) in [5.74, 6) is 1.69. The summed E-state index contributed by atoms with van der Waals surface area (Å²) in [5, 5.41) is 10.4. The first-order valence-corrected chi connectivity index (χ1v) is 9.02. The van der Waals surface area contributed by atoms with E-state index >= 15 is 0 Å². The lowest BCUT2D eigenvalue weighted by atomic mass is 10.1. The molecule has 3 nitrogen and oxygen atoms in total. The van der Waals surface area contributed by atoms with Gasteiger partial charge in [-0.3, -0.25) is 4.57 Å². The summed E-state index contributed by atoms with van der Waals surface area (Å²) < 4.78 is 2.10. The number of hydrogen-bond donors (Lipinski definition) is 0. The Hall–Kier alpha value is -2.04. The molecule has 0 radical (unpaired) electrons. The molecular formula is C19H18ClN3S. The van der Waals surface area contributed by atoms with Gasteiger partial charge in [0.15, 0.2) is 11.0 Å². The Balaban J connectivity index is 1.85. The molecule has 1 heterocycles. The quantitative estimate of drug-likeness (QED) is 0.439. The smallest absolute Gasteiger partial charge is 0.192 e. The fraction of sp³-hybridized carbons (Fsp3) is 0.158. The maximum Gasteiger partial charge on any atom is 0.192 e. The van der Waals surface area contributed by atoms with Crippen LogP contribution in [0.2, 0.25) is 5.02 Å². The van der Waals surface area contributed by atoms with Crippen LogP contribution in [0.15, 0.2) is 66.3 Å². The predicted octanol–water partition coefficient (Wildman–Crippen LogP) is 5.39. The Morgan fingerprint density at radius 2 is 1.96 bits per heavy atom. The van der Waals surface area contributed by atoms with Crippen LogP contribution >= 0.6 is 23.4 Å². The molecule has 0 N–H and O–H groups in total. The molecule has 0 saturated heterocycles. The molecule has 2 aromatic carbocycles. The van der Waals surface area contributed by atoms with E-state index in [-0.39, 0.29) is 0 Å². The molecule has 0 atom stereocenters. The summed E-state index contributed by atoms with van der Waals surface area (Å²) >= 11 is 7.60. The first-order chi connectivity index (χ1) is 11.7. The summed E-state index contributed by atoms with van der Waals surface area (Å²) in [4.78, 5) is 0. The number of allylic oxidation sites excluding steroid dienone is 1. The second-order valence-corrected chi connectivity index (χ2v) is 6.87. The van der Waals surface area contributed by atoms with Crippen LogP contribution < -0.4 is 0 Å². The second-order valence-electron chi connectivity index (χ2n) is 5.49. The number of hydrogen-bond acceptors (Lipinski definition) is 3. The zero-order valence-electron chi connectivity index (χ0n) is 13.4. The fourth-order valence-corrected chi connectivity index (χ4v) is 3.44. The standard InChI is InChI=1S/C19H18ClN3S/c1-3-11-23-18(16-6-4-5-14(2)12-16)21-22-19(23)24-13-15-7-9-17(20)10-8-15/h3-10,12H,1,11,13H2,2H3. The highest BCUT2D eigenvalue weighted by Crippen LogP contribution is 2.27. The van der Waals surface area contributed by atoms with Crippen LogP contribution in [0, 0.1) is 6.92 Å². The van der Waals surface area contributed by atoms with Gasteiger partial charge in [-0.05, 0) is 30.7 Å². The van der Waals surface area contributed by atoms with Crippen LogP contribution in [-0.2, 0) is 12.3 Å². The number of nitrogens with zero attached hydrogens (tertiary/aromatic N) is 3. The lowest BCUT2D eigenvalue weighted by Crippen LogP contribution is -2.00. The first-order valence-electron chi connectivity index (χ1n) is 7.66. The van der Waals surface area contributed by atoms with E-state index in [4.69, 9.17) is 11.6 Å². The van der Waals surface area contributed by atoms with Crippen molar-refractivity contribution in [3.63, 3.8) is 0 Å². The van der Waals surface area contributed by atoms with Gasteiger partial charge in [-0.2, -0.15) is 0 Å². The monoisotopic (exact) mass is 355 g/mol. The van der Waals surface area contributed by atoms with E-state index in [1.54, 1.807) is 11.8 Å². The number of aromatic nitrogens is 3. The molecule has 0 bridgehead atoms. The number of aryl methyl sites for hydroxylation is 1. The molecule has 3 aromatic rings. The molecule has 5 heteroatoms. The molecule has 0 saturated carbocycles. The minimum atomic E-state index is 0.680. The zero-order chi connectivity index (χ0) is 16.9. The van der Waals surface area contributed by atoms with Crippen molar-refractivity contribution in [1.29, 1.82) is 0 Å². The van der Waals surface area contributed by atoms with Crippen molar-refractivity contribution in [2.45, 2.75) is 24.4 Å². The van der Waals surface area contributed by atoms with Gasteiger partial charge in [0, 0.05) is 22.9 Å². The van der Waals surface area contributed by atoms with E-state index < -0.39 is 0 Å². The number of benzene rings is 2. The van der Waals surface area contributed by atoms with Crippen LogP contribution in [0.5, 0.6) is 0 Å². The van der Waals surface area contributed by atoms with Crippen molar-refractivity contribution in [2.24, 2.45) is 0 Å². The van der Waals surface area contributed by atoms with Crippen LogP contribution in [0.25, 0.3) is 11.4 Å². The highest BCUT2D eigenvalue weighted by atomic mass is 35.5. The van der Waals surface area contributed by atoms with Gasteiger partial charge in [0.1, 0.15) is 0 Å². The minimum Gasteiger partial charge on any atom is -0.298 e. The summed E-state index contributed by atoms with van der Waals surface area (Å²) in [6.45, 7) is 6.61. The highest BCUT2D eigenvalue weighted by molar-refractivity contribution is 7.98. The summed E-state index contributed by atoms with van der Waals surface area (Å²) in [6, 6.07) is 16.2. The molecule has 0 fully saturated rings. The Morgan fingerprint density at radius 3 is 2.67 bits per heavy atom. The van der Waals surface area contributed by atoms with Gasteiger partial charge in [0.25, 0.3) is 0 Å². The van der Waals surface area contributed by atoms with Crippen LogP contribution in [-0.4, -0.2) is 14.8 Å². The molecule has 0 aliphatic rings. The van der Waals surface area contributed by atoms with Crippen LogP contribution in [0.1, 0.15) is 11.1 Å². The normalized spacial score (nSPS) is 10.8. The Labute approximate surface area is 151 Å². The molecule has 24 heavy (non-hydrogen) atoms. The topological polar surface area (TPSA) is 30.7 Å². The highest BCUT2D eigenvalue weighted by Gasteiger charge is 2.13. The number of thioether (sulfide) groups is 1. The van der Waals surface area contributed by atoms with E-state index in [9.17, 15) is 0 Å². The Morgan fingerprint density at radius 1 is 1.17 bits per heavy atom. The average molecular weight is 356 g/mol. The molecule has 0 spiro atoms. The van der Waals surface area contributed by atoms with E-state index in [0.717, 1.165) is 27.3 Å². The van der Waals surface area contributed by atoms with E-state index in [0.29, 0.717) is 6.54 Å². The van der Waals surface area contributed by atoms with Gasteiger partial charge in [-0.25, -0.2) is 0 Å². The molecule has 0 unspecified atom stereocenters. The van der Waals surface area contributed by atoms with Crippen molar-refractivity contribution in [3.8, 4) is 11.4 Å². The molecule has 0 amide bonds. The largest absolute Gasteiger partial charge is 0.298 e. The van der Waals surface area contributed by atoms with Gasteiger partial charge < -0.3 is 0 Å². The van der Waals surface area contributed by atoms with Crippen LogP contribution in [0.3, 0.4) is 0 Å². The molecule has 0 aliphatic heterocycles. The fourth-order valence-electron chi connectivity index (χ4n) is 2.42. The molecule has 1 aromatic heterocycles. The third-order valence-electron chi connectivity index (χ3n) is 3.59. The number of halogens is 1. The van der Waals surface area contributed by atoms with Crippen molar-refractivity contribution < 1.29 is 0 Å². The Bertz CT molecular complexity index is 840. The molecular weight excluding hydrogens is 338 g/mol. The van der Waals surface area contributed by atoms with Crippen molar-refractivity contribution >= 4 is 23.4 Å². The van der Waals surface area contributed by atoms with Crippen molar-refractivity contribution in [2.75, 3.05) is 0 Å². The minimum absolute atomic E-state index is 0.680. The summed E-state index contributed by atoms with van der Waals surface area (Å²) in [7, 11) is 0. The van der Waals surface area contributed by atoms with E-state index in [2.05, 4.69) is 46.5 Å². The SMILES string of the molecule is C=CCn1c(SCc2ccc(Cl)cc2)nnc1-c1cccc(C)c1. The average Bonchev–Trinajstić information content (AvgIpc) is 2.98. The van der Waals surface area contributed by atoms with Gasteiger partial charge in [-0.15, -0.1) is 16.8 Å². The second kappa shape index (κ2) is 7.69. The van der Waals surface area contributed by atoms with E-state index in [1.807, 2.05) is 36.4 Å². The summed E-state index contributed by atoms with van der Waals surface area (Å²) in [6.07, 6.45) is 1.87. The van der Waals surface area contributed by atoms with Gasteiger partial charge in [0.2, 0.25) is 0 Å². The summed E-state index contributed by atoms with van der Waals surface area (Å²) in [5.41, 5.74) is 3.48. The van der Waals surface area contributed by atoms with E-state index in [1.165, 1.54) is 11.1 Å². The zero-order valence-corrected chi connectivity index (χ0v) is 15.0. The first kappa shape index (κ1) is 16.8. The predicted molar refractivity (Wildman–Crippen MR) is 101 cm³/mol. The lowest BCUT2D eigenvalue weighted by Gasteiger charge is -2.08. The number of rotatable bonds is 6. The lowest BCUT2D eigenvalue weighted by molar-refractivity contribution is 0.731. The van der Waals surface area contributed by atoms with Crippen LogP contribution in [0.4, 0.5) is 0 Å².